The fourth-order valence-corrected chi connectivity index (χ4v) is 4.31. The maximum absolute atomic E-state index is 15.3. The Bertz CT molecular complexity index is 1380. The van der Waals surface area contributed by atoms with E-state index >= 15 is 4.39 Å². The van der Waals surface area contributed by atoms with Gasteiger partial charge in [-0.3, -0.25) is 10.1 Å². The second-order valence-corrected chi connectivity index (χ2v) is 7.28. The molecule has 152 valence electrons. The van der Waals surface area contributed by atoms with Gasteiger partial charge in [0.1, 0.15) is 0 Å². The predicted molar refractivity (Wildman–Crippen MR) is 119 cm³/mol. The van der Waals surface area contributed by atoms with E-state index in [2.05, 4.69) is 0 Å². The summed E-state index contributed by atoms with van der Waals surface area (Å²) in [6.07, 6.45) is 0. The zero-order valence-electron chi connectivity index (χ0n) is 16.6. The number of rotatable bonds is 4. The van der Waals surface area contributed by atoms with E-state index in [0.717, 1.165) is 33.4 Å². The summed E-state index contributed by atoms with van der Waals surface area (Å²) in [6.45, 7) is 0. The molecule has 0 aromatic heterocycles. The van der Waals surface area contributed by atoms with Crippen LogP contribution in [0, 0.1) is 15.9 Å². The third kappa shape index (κ3) is 2.69. The van der Waals surface area contributed by atoms with Gasteiger partial charge in [0.25, 0.3) is 0 Å². The van der Waals surface area contributed by atoms with Gasteiger partial charge in [-0.25, -0.2) is 0 Å². The zero-order valence-corrected chi connectivity index (χ0v) is 16.6. The second kappa shape index (κ2) is 6.95. The molecule has 0 atom stereocenters. The van der Waals surface area contributed by atoms with Crippen molar-refractivity contribution in [3.05, 3.63) is 88.7 Å². The SMILES string of the molecule is COc1ccc(-c2cccc3c2-c2c(-c4ccccc4N)cccc2-3)c(F)c1[N+](=O)[O-]. The third-order valence-electron chi connectivity index (χ3n) is 5.69. The van der Waals surface area contributed by atoms with Crippen molar-refractivity contribution >= 4 is 11.4 Å². The molecule has 0 amide bonds. The number of ether oxygens (including phenoxy) is 1. The van der Waals surface area contributed by atoms with Gasteiger partial charge in [-0.2, -0.15) is 4.39 Å². The smallest absolute Gasteiger partial charge is 0.346 e. The number of nitrogens with two attached hydrogens (primary N) is 1. The first-order valence-electron chi connectivity index (χ1n) is 9.65. The molecule has 2 N–H and O–H groups in total. The predicted octanol–water partition coefficient (Wildman–Crippen LogP) is 6.31. The van der Waals surface area contributed by atoms with Crippen LogP contribution in [0.5, 0.6) is 5.75 Å². The minimum Gasteiger partial charge on any atom is -0.490 e. The third-order valence-corrected chi connectivity index (χ3v) is 5.69. The molecule has 0 aliphatic heterocycles. The number of methoxy groups -OCH3 is 1. The minimum absolute atomic E-state index is 0.112. The first-order chi connectivity index (χ1) is 15.0. The topological polar surface area (TPSA) is 78.4 Å². The van der Waals surface area contributed by atoms with E-state index in [1.165, 1.54) is 19.2 Å². The lowest BCUT2D eigenvalue weighted by atomic mass is 9.73. The molecule has 0 spiro atoms. The summed E-state index contributed by atoms with van der Waals surface area (Å²) in [4.78, 5) is 10.7. The van der Waals surface area contributed by atoms with Crippen molar-refractivity contribution < 1.29 is 14.1 Å². The summed E-state index contributed by atoms with van der Waals surface area (Å²) in [5, 5.41) is 11.5. The fourth-order valence-electron chi connectivity index (χ4n) is 4.31. The largest absolute Gasteiger partial charge is 0.490 e. The summed E-state index contributed by atoms with van der Waals surface area (Å²) >= 11 is 0. The summed E-state index contributed by atoms with van der Waals surface area (Å²) in [6, 6.07) is 22.1. The van der Waals surface area contributed by atoms with Gasteiger partial charge >= 0.3 is 5.69 Å². The van der Waals surface area contributed by atoms with Crippen molar-refractivity contribution in [2.24, 2.45) is 0 Å². The van der Waals surface area contributed by atoms with Crippen LogP contribution in [0.4, 0.5) is 15.8 Å². The van der Waals surface area contributed by atoms with Gasteiger partial charge in [-0.15, -0.1) is 0 Å². The Morgan fingerprint density at radius 3 is 1.84 bits per heavy atom. The summed E-state index contributed by atoms with van der Waals surface area (Å²) in [5.41, 5.74) is 12.6. The zero-order chi connectivity index (χ0) is 21.7. The Kier molecular flexibility index (Phi) is 4.22. The molecular formula is C25H17FN2O3. The normalized spacial score (nSPS) is 11.3. The van der Waals surface area contributed by atoms with Crippen molar-refractivity contribution in [2.45, 2.75) is 0 Å². The van der Waals surface area contributed by atoms with E-state index < -0.39 is 16.4 Å². The molecule has 6 heteroatoms. The van der Waals surface area contributed by atoms with Crippen molar-refractivity contribution in [1.82, 2.24) is 0 Å². The fraction of sp³-hybridized carbons (Fsp3) is 0.0400. The van der Waals surface area contributed by atoms with Gasteiger partial charge in [0.2, 0.25) is 5.82 Å². The molecule has 0 fully saturated rings. The molecule has 1 aliphatic rings. The highest BCUT2D eigenvalue weighted by Crippen LogP contribution is 2.56. The van der Waals surface area contributed by atoms with Crippen LogP contribution in [0.3, 0.4) is 0 Å². The maximum atomic E-state index is 15.3. The number of fused-ring (bicyclic) bond motifs is 4. The number of nitrogens with zero attached hydrogens (tertiary/aromatic N) is 1. The van der Waals surface area contributed by atoms with Gasteiger partial charge in [0, 0.05) is 16.8 Å². The van der Waals surface area contributed by atoms with Crippen molar-refractivity contribution in [1.29, 1.82) is 0 Å². The van der Waals surface area contributed by atoms with Crippen LogP contribution in [0.25, 0.3) is 44.5 Å². The molecule has 0 unspecified atom stereocenters. The molecule has 0 saturated carbocycles. The van der Waals surface area contributed by atoms with Gasteiger partial charge in [-0.1, -0.05) is 54.6 Å². The Morgan fingerprint density at radius 2 is 1.29 bits per heavy atom. The lowest BCUT2D eigenvalue weighted by molar-refractivity contribution is -0.388. The van der Waals surface area contributed by atoms with Crippen LogP contribution < -0.4 is 10.5 Å². The van der Waals surface area contributed by atoms with E-state index in [1.807, 2.05) is 54.6 Å². The Balaban J connectivity index is 1.76. The molecule has 1 aliphatic carbocycles. The summed E-state index contributed by atoms with van der Waals surface area (Å²) in [7, 11) is 1.28. The van der Waals surface area contributed by atoms with E-state index in [9.17, 15) is 10.1 Å². The highest BCUT2D eigenvalue weighted by Gasteiger charge is 2.32. The number of para-hydroxylation sites is 1. The highest BCUT2D eigenvalue weighted by molar-refractivity contribution is 6.14. The first-order valence-corrected chi connectivity index (χ1v) is 9.65. The Labute approximate surface area is 177 Å². The molecule has 31 heavy (non-hydrogen) atoms. The maximum Gasteiger partial charge on any atom is 0.346 e. The quantitative estimate of drug-likeness (QED) is 0.213. The van der Waals surface area contributed by atoms with Crippen LogP contribution in [0.15, 0.2) is 72.8 Å². The minimum atomic E-state index is -0.914. The number of anilines is 1. The molecule has 4 aromatic rings. The van der Waals surface area contributed by atoms with Crippen LogP contribution in [-0.2, 0) is 0 Å². The lowest BCUT2D eigenvalue weighted by Crippen LogP contribution is -2.05. The van der Waals surface area contributed by atoms with Crippen molar-refractivity contribution in [2.75, 3.05) is 12.8 Å². The molecule has 0 saturated heterocycles. The number of halogens is 1. The van der Waals surface area contributed by atoms with Crippen molar-refractivity contribution in [3.63, 3.8) is 0 Å². The van der Waals surface area contributed by atoms with Crippen molar-refractivity contribution in [3.8, 4) is 50.3 Å². The average molecular weight is 412 g/mol. The average Bonchev–Trinajstić information content (AvgIpc) is 2.76. The van der Waals surface area contributed by atoms with Crippen LogP contribution in [-0.4, -0.2) is 12.0 Å². The van der Waals surface area contributed by atoms with Crippen LogP contribution >= 0.6 is 0 Å². The van der Waals surface area contributed by atoms with Gasteiger partial charge < -0.3 is 10.5 Å². The van der Waals surface area contributed by atoms with Crippen LogP contribution in [0.1, 0.15) is 0 Å². The Morgan fingerprint density at radius 1 is 0.774 bits per heavy atom. The van der Waals surface area contributed by atoms with Gasteiger partial charge in [-0.05, 0) is 51.6 Å². The van der Waals surface area contributed by atoms with Crippen LogP contribution in [0.2, 0.25) is 0 Å². The van der Waals surface area contributed by atoms with E-state index in [1.54, 1.807) is 6.07 Å². The molecule has 0 radical (unpaired) electrons. The number of nitrogen functional groups attached to an aromatic ring is 1. The number of hydrogen-bond acceptors (Lipinski definition) is 4. The number of hydrogen-bond donors (Lipinski definition) is 1. The molecule has 5 nitrogen and oxygen atoms in total. The van der Waals surface area contributed by atoms with Gasteiger partial charge in [0.05, 0.1) is 12.0 Å². The second-order valence-electron chi connectivity index (χ2n) is 7.28. The molecule has 5 rings (SSSR count). The monoisotopic (exact) mass is 412 g/mol. The van der Waals surface area contributed by atoms with E-state index in [-0.39, 0.29) is 11.3 Å². The number of nitro groups is 1. The Hall–Kier alpha value is -4.19. The molecule has 0 heterocycles. The van der Waals surface area contributed by atoms with Gasteiger partial charge in [0.15, 0.2) is 5.75 Å². The van der Waals surface area contributed by atoms with E-state index in [4.69, 9.17) is 10.5 Å². The molecular weight excluding hydrogens is 395 g/mol. The highest BCUT2D eigenvalue weighted by atomic mass is 19.1. The standard InChI is InChI=1S/C25H17FN2O3/c1-31-21-13-12-19(24(26)25(21)28(29)30)18-10-5-9-17-16-8-4-7-15(22(16)23(17)18)14-6-2-3-11-20(14)27/h2-13H,27H2,1H3. The summed E-state index contributed by atoms with van der Waals surface area (Å²) in [5.74, 6) is -1.03. The van der Waals surface area contributed by atoms with E-state index in [0.29, 0.717) is 11.3 Å². The lowest BCUT2D eigenvalue weighted by Gasteiger charge is -2.30. The first kappa shape index (κ1) is 18.8. The number of nitro benzene ring substituents is 1. The molecule has 4 aromatic carbocycles. The summed E-state index contributed by atoms with van der Waals surface area (Å²) < 4.78 is 20.3. The molecule has 0 bridgehead atoms. The number of benzene rings is 4.